The third-order valence-corrected chi connectivity index (χ3v) is 1.59. The van der Waals surface area contributed by atoms with Crippen LogP contribution in [0.15, 0.2) is 18.2 Å². The van der Waals surface area contributed by atoms with Crippen molar-refractivity contribution in [1.82, 2.24) is 0 Å². The Morgan fingerprint density at radius 2 is 2.22 bits per heavy atom. The van der Waals surface area contributed by atoms with Crippen molar-refractivity contribution in [2.75, 3.05) is 0 Å². The van der Waals surface area contributed by atoms with E-state index >= 15 is 0 Å². The standard InChI is InChI=1S/C8H8O/c1-2-6-3-4-7-8(5-6)9-7/h3-5H,2H2,1H3. The first-order chi connectivity index (χ1) is 4.40. The van der Waals surface area contributed by atoms with Crippen LogP contribution in [0.25, 0.3) is 0 Å². The van der Waals surface area contributed by atoms with E-state index in [1.54, 1.807) is 0 Å². The fourth-order valence-electron chi connectivity index (χ4n) is 0.929. The molecule has 1 heteroatoms. The Morgan fingerprint density at radius 3 is 2.89 bits per heavy atom. The molecule has 0 radical (unpaired) electrons. The first-order valence-electron chi connectivity index (χ1n) is 3.21. The predicted octanol–water partition coefficient (Wildman–Crippen LogP) is 2.35. The highest BCUT2D eigenvalue weighted by atomic mass is 16.6. The molecule has 2 rings (SSSR count). The molecule has 1 aromatic carbocycles. The van der Waals surface area contributed by atoms with Crippen LogP contribution in [0.1, 0.15) is 12.5 Å². The van der Waals surface area contributed by atoms with Crippen molar-refractivity contribution in [3.05, 3.63) is 23.8 Å². The lowest BCUT2D eigenvalue weighted by atomic mass is 10.2. The quantitative estimate of drug-likeness (QED) is 0.526. The molecule has 0 fully saturated rings. The van der Waals surface area contributed by atoms with E-state index in [1.165, 1.54) is 5.56 Å². The smallest absolute Gasteiger partial charge is 0.170 e. The number of fused-ring (bicyclic) bond motifs is 1. The minimum atomic E-state index is 1.05. The molecular formula is C8H8O. The molecule has 0 N–H and O–H groups in total. The fraction of sp³-hybridized carbons (Fsp3) is 0.250. The van der Waals surface area contributed by atoms with E-state index in [2.05, 4.69) is 19.1 Å². The van der Waals surface area contributed by atoms with Gasteiger partial charge in [-0.2, -0.15) is 0 Å². The van der Waals surface area contributed by atoms with E-state index in [1.807, 2.05) is 6.07 Å². The molecule has 1 nitrogen and oxygen atoms in total. The summed E-state index contributed by atoms with van der Waals surface area (Å²) in [4.78, 5) is 0. The highest BCUT2D eigenvalue weighted by Gasteiger charge is 2.18. The van der Waals surface area contributed by atoms with E-state index in [9.17, 15) is 0 Å². The van der Waals surface area contributed by atoms with Crippen LogP contribution in [0.3, 0.4) is 0 Å². The molecule has 0 bridgehead atoms. The van der Waals surface area contributed by atoms with Gasteiger partial charge in [-0.1, -0.05) is 13.0 Å². The molecule has 1 aliphatic heterocycles. The summed E-state index contributed by atoms with van der Waals surface area (Å²) in [6.45, 7) is 2.14. The average Bonchev–Trinajstić information content (AvgIpc) is 2.64. The number of hydrogen-bond acceptors (Lipinski definition) is 1. The molecule has 1 heterocycles. The van der Waals surface area contributed by atoms with Crippen LogP contribution in [-0.2, 0) is 6.42 Å². The SMILES string of the molecule is CCc1ccc2c(c1)O2. The molecular weight excluding hydrogens is 112 g/mol. The minimum absolute atomic E-state index is 1.05. The van der Waals surface area contributed by atoms with E-state index in [-0.39, 0.29) is 0 Å². The van der Waals surface area contributed by atoms with Gasteiger partial charge in [-0.3, -0.25) is 0 Å². The topological polar surface area (TPSA) is 12.5 Å². The van der Waals surface area contributed by atoms with Crippen molar-refractivity contribution < 1.29 is 4.74 Å². The number of ether oxygens (including phenoxy) is 1. The number of hydrogen-bond donors (Lipinski definition) is 0. The Balaban J connectivity index is 2.44. The van der Waals surface area contributed by atoms with Gasteiger partial charge < -0.3 is 4.74 Å². The number of benzene rings is 1. The fourth-order valence-corrected chi connectivity index (χ4v) is 0.929. The lowest BCUT2D eigenvalue weighted by molar-refractivity contribution is 0.649. The summed E-state index contributed by atoms with van der Waals surface area (Å²) in [5, 5.41) is 0. The highest BCUT2D eigenvalue weighted by molar-refractivity contribution is 5.55. The van der Waals surface area contributed by atoms with Crippen LogP contribution >= 0.6 is 0 Å². The van der Waals surface area contributed by atoms with E-state index in [0.717, 1.165) is 17.9 Å². The Bertz CT molecular complexity index is 240. The van der Waals surface area contributed by atoms with Gasteiger partial charge in [-0.25, -0.2) is 0 Å². The van der Waals surface area contributed by atoms with Crippen LogP contribution in [-0.4, -0.2) is 0 Å². The molecule has 9 heavy (non-hydrogen) atoms. The van der Waals surface area contributed by atoms with Crippen LogP contribution in [0.2, 0.25) is 0 Å². The van der Waals surface area contributed by atoms with Crippen molar-refractivity contribution in [1.29, 1.82) is 0 Å². The van der Waals surface area contributed by atoms with Crippen molar-refractivity contribution in [3.63, 3.8) is 0 Å². The molecule has 0 amide bonds. The zero-order chi connectivity index (χ0) is 6.27. The third-order valence-electron chi connectivity index (χ3n) is 1.59. The first-order valence-corrected chi connectivity index (χ1v) is 3.21. The van der Waals surface area contributed by atoms with Gasteiger partial charge in [0.25, 0.3) is 0 Å². The molecule has 1 aromatic rings. The molecule has 46 valence electrons. The van der Waals surface area contributed by atoms with Gasteiger partial charge in [-0.15, -0.1) is 0 Å². The average molecular weight is 120 g/mol. The van der Waals surface area contributed by atoms with Gasteiger partial charge >= 0.3 is 0 Å². The van der Waals surface area contributed by atoms with Crippen molar-refractivity contribution in [2.24, 2.45) is 0 Å². The van der Waals surface area contributed by atoms with Gasteiger partial charge in [0.15, 0.2) is 11.5 Å². The molecule has 0 unspecified atom stereocenters. The Hall–Kier alpha value is -0.980. The Kier molecular flexibility index (Phi) is 0.810. The maximum atomic E-state index is 5.08. The molecule has 0 saturated heterocycles. The number of aryl methyl sites for hydroxylation is 1. The van der Waals surface area contributed by atoms with Gasteiger partial charge in [0.2, 0.25) is 0 Å². The zero-order valence-electron chi connectivity index (χ0n) is 5.35. The molecule has 1 aliphatic rings. The largest absolute Gasteiger partial charge is 0.450 e. The van der Waals surface area contributed by atoms with Crippen molar-refractivity contribution in [3.8, 4) is 11.5 Å². The highest BCUT2D eigenvalue weighted by Crippen LogP contribution is 2.45. The maximum Gasteiger partial charge on any atom is 0.170 e. The van der Waals surface area contributed by atoms with Crippen molar-refractivity contribution in [2.45, 2.75) is 13.3 Å². The third kappa shape index (κ3) is 0.689. The van der Waals surface area contributed by atoms with Crippen molar-refractivity contribution >= 4 is 0 Å². The zero-order valence-corrected chi connectivity index (χ0v) is 5.35. The predicted molar refractivity (Wildman–Crippen MR) is 35.9 cm³/mol. The monoisotopic (exact) mass is 120 g/mol. The Labute approximate surface area is 54.3 Å². The first kappa shape index (κ1) is 4.86. The van der Waals surface area contributed by atoms with Crippen LogP contribution in [0.4, 0.5) is 0 Å². The van der Waals surface area contributed by atoms with Gasteiger partial charge in [0.05, 0.1) is 0 Å². The van der Waals surface area contributed by atoms with E-state index in [4.69, 9.17) is 4.74 Å². The van der Waals surface area contributed by atoms with Gasteiger partial charge in [0, 0.05) is 0 Å². The van der Waals surface area contributed by atoms with E-state index in [0.29, 0.717) is 0 Å². The maximum absolute atomic E-state index is 5.08. The lowest BCUT2D eigenvalue weighted by Crippen LogP contribution is -1.71. The van der Waals surface area contributed by atoms with Gasteiger partial charge in [-0.05, 0) is 24.1 Å². The molecule has 0 aromatic heterocycles. The Morgan fingerprint density at radius 1 is 1.33 bits per heavy atom. The lowest BCUT2D eigenvalue weighted by Gasteiger charge is -1.86. The summed E-state index contributed by atoms with van der Waals surface area (Å²) in [5.74, 6) is 2.11. The second kappa shape index (κ2) is 1.50. The number of rotatable bonds is 1. The summed E-state index contributed by atoms with van der Waals surface area (Å²) in [6.07, 6.45) is 1.09. The second-order valence-electron chi connectivity index (χ2n) is 2.24. The summed E-state index contributed by atoms with van der Waals surface area (Å²) >= 11 is 0. The molecule has 0 saturated carbocycles. The normalized spacial score (nSPS) is 12.1. The van der Waals surface area contributed by atoms with Crippen LogP contribution in [0, 0.1) is 0 Å². The molecule has 0 atom stereocenters. The molecule has 0 spiro atoms. The summed E-state index contributed by atoms with van der Waals surface area (Å²) in [5.41, 5.74) is 1.35. The molecule has 0 aliphatic carbocycles. The second-order valence-corrected chi connectivity index (χ2v) is 2.24. The van der Waals surface area contributed by atoms with Crippen LogP contribution in [0.5, 0.6) is 11.5 Å². The summed E-state index contributed by atoms with van der Waals surface area (Å²) in [7, 11) is 0. The van der Waals surface area contributed by atoms with E-state index < -0.39 is 0 Å². The van der Waals surface area contributed by atoms with Crippen LogP contribution < -0.4 is 4.74 Å². The summed E-state index contributed by atoms with van der Waals surface area (Å²) in [6, 6.07) is 6.22. The minimum Gasteiger partial charge on any atom is -0.450 e. The summed E-state index contributed by atoms with van der Waals surface area (Å²) < 4.78 is 5.08. The van der Waals surface area contributed by atoms with Gasteiger partial charge in [0.1, 0.15) is 0 Å².